The van der Waals surface area contributed by atoms with Crippen LogP contribution < -0.4 is 10.6 Å². The van der Waals surface area contributed by atoms with Crippen molar-refractivity contribution in [1.29, 1.82) is 0 Å². The van der Waals surface area contributed by atoms with Crippen molar-refractivity contribution in [2.75, 3.05) is 29.5 Å². The number of anilines is 1. The van der Waals surface area contributed by atoms with Gasteiger partial charge < -0.3 is 10.6 Å². The molecule has 1 fully saturated rings. The van der Waals surface area contributed by atoms with Gasteiger partial charge in [-0.05, 0) is 18.2 Å². The molecule has 0 unspecified atom stereocenters. The number of amides is 1. The lowest BCUT2D eigenvalue weighted by Gasteiger charge is -2.29. The second-order valence-electron chi connectivity index (χ2n) is 4.73. The number of sulfone groups is 1. The molecule has 1 aromatic rings. The van der Waals surface area contributed by atoms with E-state index in [1.165, 1.54) is 6.07 Å². The zero-order valence-electron chi connectivity index (χ0n) is 10.9. The fraction of sp³-hybridized carbons (Fsp3) is 0.417. The van der Waals surface area contributed by atoms with Crippen molar-refractivity contribution in [3.8, 4) is 0 Å². The van der Waals surface area contributed by atoms with Crippen molar-refractivity contribution in [3.63, 3.8) is 0 Å². The van der Waals surface area contributed by atoms with Crippen molar-refractivity contribution >= 4 is 21.4 Å². The third-order valence-electron chi connectivity index (χ3n) is 3.28. The molecule has 9 heteroatoms. The van der Waals surface area contributed by atoms with Gasteiger partial charge in [0, 0.05) is 18.8 Å². The minimum atomic E-state index is -4.71. The Bertz CT molecular complexity index is 657. The Kier molecular flexibility index (Phi) is 3.87. The summed E-state index contributed by atoms with van der Waals surface area (Å²) >= 11 is 0. The van der Waals surface area contributed by atoms with Crippen molar-refractivity contribution in [2.45, 2.75) is 6.18 Å². The van der Waals surface area contributed by atoms with Gasteiger partial charge in [0.1, 0.15) is 0 Å². The summed E-state index contributed by atoms with van der Waals surface area (Å²) in [5.74, 6) is -1.37. The zero-order valence-corrected chi connectivity index (χ0v) is 11.7. The highest BCUT2D eigenvalue weighted by molar-refractivity contribution is 7.91. The first kappa shape index (κ1) is 15.6. The van der Waals surface area contributed by atoms with E-state index in [9.17, 15) is 26.4 Å². The number of nitrogens with two attached hydrogens (primary N) is 1. The van der Waals surface area contributed by atoms with E-state index in [4.69, 9.17) is 5.73 Å². The number of benzene rings is 1. The van der Waals surface area contributed by atoms with Crippen LogP contribution in [0, 0.1) is 0 Å². The first-order valence-electron chi connectivity index (χ1n) is 6.06. The van der Waals surface area contributed by atoms with Crippen LogP contribution in [-0.4, -0.2) is 38.9 Å². The fourth-order valence-corrected chi connectivity index (χ4v) is 3.35. The van der Waals surface area contributed by atoms with E-state index in [0.717, 1.165) is 12.1 Å². The zero-order chi connectivity index (χ0) is 15.8. The van der Waals surface area contributed by atoms with E-state index >= 15 is 0 Å². The van der Waals surface area contributed by atoms with Gasteiger partial charge in [-0.2, -0.15) is 13.2 Å². The number of nitrogens with zero attached hydrogens (tertiary/aromatic N) is 1. The van der Waals surface area contributed by atoms with Crippen LogP contribution in [-0.2, 0) is 16.0 Å². The molecule has 116 valence electrons. The van der Waals surface area contributed by atoms with Crippen molar-refractivity contribution in [1.82, 2.24) is 0 Å². The Balaban J connectivity index is 2.37. The Morgan fingerprint density at radius 1 is 1.19 bits per heavy atom. The monoisotopic (exact) mass is 322 g/mol. The Labute approximate surface area is 119 Å². The summed E-state index contributed by atoms with van der Waals surface area (Å²) in [6.07, 6.45) is -4.71. The molecule has 1 saturated heterocycles. The molecule has 0 atom stereocenters. The topological polar surface area (TPSA) is 80.5 Å². The number of alkyl halides is 3. The molecule has 2 N–H and O–H groups in total. The summed E-state index contributed by atoms with van der Waals surface area (Å²) < 4.78 is 61.5. The molecule has 1 amide bonds. The SMILES string of the molecule is NC(=O)c1ccc(N2CCS(=O)(=O)CC2)cc1C(F)(F)F. The molecular formula is C12H13F3N2O3S. The predicted molar refractivity (Wildman–Crippen MR) is 70.8 cm³/mol. The van der Waals surface area contributed by atoms with Crippen LogP contribution in [0.5, 0.6) is 0 Å². The molecule has 1 aliphatic heterocycles. The molecular weight excluding hydrogens is 309 g/mol. The smallest absolute Gasteiger partial charge is 0.369 e. The molecule has 0 saturated carbocycles. The van der Waals surface area contributed by atoms with Crippen molar-refractivity contribution < 1.29 is 26.4 Å². The fourth-order valence-electron chi connectivity index (χ4n) is 2.15. The third kappa shape index (κ3) is 3.46. The van der Waals surface area contributed by atoms with Gasteiger partial charge in [-0.1, -0.05) is 0 Å². The number of carbonyl (C=O) groups excluding carboxylic acids is 1. The van der Waals surface area contributed by atoms with Gasteiger partial charge >= 0.3 is 6.18 Å². The highest BCUT2D eigenvalue weighted by Gasteiger charge is 2.35. The standard InChI is InChI=1S/C12H13F3N2O3S/c13-12(14,15)10-7-8(1-2-9(10)11(16)18)17-3-5-21(19,20)6-4-17/h1-2,7H,3-6H2,(H2,16,18). The molecule has 0 aliphatic carbocycles. The Morgan fingerprint density at radius 2 is 1.76 bits per heavy atom. The van der Waals surface area contributed by atoms with E-state index in [1.54, 1.807) is 4.90 Å². The molecule has 0 aromatic heterocycles. The van der Waals surface area contributed by atoms with E-state index < -0.39 is 33.0 Å². The first-order chi connectivity index (χ1) is 9.60. The molecule has 21 heavy (non-hydrogen) atoms. The summed E-state index contributed by atoms with van der Waals surface area (Å²) in [5.41, 5.74) is 3.46. The van der Waals surface area contributed by atoms with Gasteiger partial charge in [0.2, 0.25) is 5.91 Å². The second kappa shape index (κ2) is 5.21. The van der Waals surface area contributed by atoms with Crippen LogP contribution in [0.25, 0.3) is 0 Å². The average Bonchev–Trinajstić information content (AvgIpc) is 2.37. The van der Waals surface area contributed by atoms with Crippen LogP contribution in [0.15, 0.2) is 18.2 Å². The molecule has 1 aliphatic rings. The first-order valence-corrected chi connectivity index (χ1v) is 7.89. The van der Waals surface area contributed by atoms with Crippen LogP contribution in [0.3, 0.4) is 0 Å². The van der Waals surface area contributed by atoms with Crippen molar-refractivity contribution in [3.05, 3.63) is 29.3 Å². The van der Waals surface area contributed by atoms with E-state index in [2.05, 4.69) is 0 Å². The lowest BCUT2D eigenvalue weighted by Crippen LogP contribution is -2.40. The molecule has 1 aromatic carbocycles. The third-order valence-corrected chi connectivity index (χ3v) is 4.89. The lowest BCUT2D eigenvalue weighted by molar-refractivity contribution is -0.137. The maximum absolute atomic E-state index is 13.0. The largest absolute Gasteiger partial charge is 0.417 e. The maximum Gasteiger partial charge on any atom is 0.417 e. The number of rotatable bonds is 2. The number of hydrogen-bond donors (Lipinski definition) is 1. The summed E-state index contributed by atoms with van der Waals surface area (Å²) in [6.45, 7) is 0.241. The average molecular weight is 322 g/mol. The number of primary amides is 1. The summed E-state index contributed by atoms with van der Waals surface area (Å²) in [6, 6.07) is 3.19. The predicted octanol–water partition coefficient (Wildman–Crippen LogP) is 1.04. The molecule has 0 radical (unpaired) electrons. The minimum Gasteiger partial charge on any atom is -0.369 e. The number of carbonyl (C=O) groups is 1. The van der Waals surface area contributed by atoms with E-state index in [0.29, 0.717) is 0 Å². The maximum atomic E-state index is 13.0. The van der Waals surface area contributed by atoms with Gasteiger partial charge in [-0.15, -0.1) is 0 Å². The highest BCUT2D eigenvalue weighted by atomic mass is 32.2. The summed E-state index contributed by atoms with van der Waals surface area (Å²) in [4.78, 5) is 12.6. The van der Waals surface area contributed by atoms with Gasteiger partial charge in [0.15, 0.2) is 9.84 Å². The molecule has 2 rings (SSSR count). The van der Waals surface area contributed by atoms with Gasteiger partial charge in [0.25, 0.3) is 0 Å². The lowest BCUT2D eigenvalue weighted by atomic mass is 10.0. The minimum absolute atomic E-state index is 0.105. The normalized spacial score (nSPS) is 18.5. The van der Waals surface area contributed by atoms with Gasteiger partial charge in [0.05, 0.1) is 22.6 Å². The van der Waals surface area contributed by atoms with Crippen LogP contribution in [0.2, 0.25) is 0 Å². The van der Waals surface area contributed by atoms with Crippen molar-refractivity contribution in [2.24, 2.45) is 5.73 Å². The Morgan fingerprint density at radius 3 is 2.24 bits per heavy atom. The molecule has 0 bridgehead atoms. The molecule has 5 nitrogen and oxygen atoms in total. The molecule has 0 spiro atoms. The van der Waals surface area contributed by atoms with E-state index in [1.807, 2.05) is 0 Å². The van der Waals surface area contributed by atoms with Crippen LogP contribution in [0.1, 0.15) is 15.9 Å². The quantitative estimate of drug-likeness (QED) is 0.882. The second-order valence-corrected chi connectivity index (χ2v) is 7.03. The molecule has 1 heterocycles. The van der Waals surface area contributed by atoms with Gasteiger partial charge in [-0.3, -0.25) is 4.79 Å². The summed E-state index contributed by atoms with van der Waals surface area (Å²) in [5, 5.41) is 0. The highest BCUT2D eigenvalue weighted by Crippen LogP contribution is 2.34. The van der Waals surface area contributed by atoms with Crippen LogP contribution in [0.4, 0.5) is 18.9 Å². The van der Waals surface area contributed by atoms with E-state index in [-0.39, 0.29) is 30.3 Å². The summed E-state index contributed by atoms with van der Waals surface area (Å²) in [7, 11) is -3.12. The van der Waals surface area contributed by atoms with Crippen LogP contribution >= 0.6 is 0 Å². The Hall–Kier alpha value is -1.77. The number of hydrogen-bond acceptors (Lipinski definition) is 4. The number of halogens is 3. The van der Waals surface area contributed by atoms with Gasteiger partial charge in [-0.25, -0.2) is 8.42 Å².